The first-order valence-electron chi connectivity index (χ1n) is 4.51. The highest BCUT2D eigenvalue weighted by molar-refractivity contribution is 6.32. The van der Waals surface area contributed by atoms with E-state index in [1.54, 1.807) is 31.2 Å². The summed E-state index contributed by atoms with van der Waals surface area (Å²) in [6, 6.07) is 7.16. The zero-order valence-electron chi connectivity index (χ0n) is 8.04. The van der Waals surface area contributed by atoms with Crippen LogP contribution in [0.5, 0.6) is 0 Å². The molecule has 0 saturated carbocycles. The third-order valence-electron chi connectivity index (χ3n) is 2.21. The molecule has 0 spiro atoms. The number of fused-ring (bicyclic) bond motifs is 1. The summed E-state index contributed by atoms with van der Waals surface area (Å²) in [5.41, 5.74) is 1.39. The van der Waals surface area contributed by atoms with Gasteiger partial charge in [-0.3, -0.25) is 0 Å². The number of hydrogen-bond donors (Lipinski definition) is 1. The molecule has 0 fully saturated rings. The molecule has 1 atom stereocenters. The molecule has 2 rings (SSSR count). The van der Waals surface area contributed by atoms with Crippen LogP contribution in [0.25, 0.3) is 10.9 Å². The molecular formula is C11H9Cl2NO. The molecule has 2 nitrogen and oxygen atoms in total. The molecule has 1 heterocycles. The van der Waals surface area contributed by atoms with Gasteiger partial charge in [0, 0.05) is 16.0 Å². The first-order chi connectivity index (χ1) is 7.08. The van der Waals surface area contributed by atoms with E-state index < -0.39 is 6.10 Å². The molecule has 0 aliphatic heterocycles. The van der Waals surface area contributed by atoms with Crippen LogP contribution in [0.3, 0.4) is 0 Å². The van der Waals surface area contributed by atoms with Crippen molar-refractivity contribution in [3.05, 3.63) is 40.0 Å². The van der Waals surface area contributed by atoms with E-state index in [4.69, 9.17) is 23.2 Å². The predicted octanol–water partition coefficient (Wildman–Crippen LogP) is 3.59. The first kappa shape index (κ1) is 10.7. The van der Waals surface area contributed by atoms with Crippen LogP contribution < -0.4 is 0 Å². The van der Waals surface area contributed by atoms with Crippen LogP contribution in [-0.2, 0) is 0 Å². The fourth-order valence-corrected chi connectivity index (χ4v) is 1.92. The summed E-state index contributed by atoms with van der Waals surface area (Å²) in [5, 5.41) is 11.3. The zero-order chi connectivity index (χ0) is 11.0. The first-order valence-corrected chi connectivity index (χ1v) is 5.27. The van der Waals surface area contributed by atoms with Gasteiger partial charge in [-0.05, 0) is 31.2 Å². The standard InChI is InChI=1S/C11H9Cl2NO/c1-6(15)9-5-7-4-8(12)2-3-10(7)14-11(9)13/h2-6,15H,1H3. The second kappa shape index (κ2) is 3.97. The molecular weight excluding hydrogens is 233 g/mol. The molecule has 0 aliphatic carbocycles. The molecule has 0 amide bonds. The molecule has 15 heavy (non-hydrogen) atoms. The van der Waals surface area contributed by atoms with Gasteiger partial charge in [0.05, 0.1) is 11.6 Å². The average Bonchev–Trinajstić information content (AvgIpc) is 2.17. The van der Waals surface area contributed by atoms with Gasteiger partial charge in [0.15, 0.2) is 0 Å². The Bertz CT molecular complexity index is 511. The second-order valence-corrected chi connectivity index (χ2v) is 4.18. The van der Waals surface area contributed by atoms with Crippen LogP contribution in [-0.4, -0.2) is 10.1 Å². The lowest BCUT2D eigenvalue weighted by molar-refractivity contribution is 0.199. The van der Waals surface area contributed by atoms with E-state index in [9.17, 15) is 5.11 Å². The SMILES string of the molecule is CC(O)c1cc2cc(Cl)ccc2nc1Cl. The fraction of sp³-hybridized carbons (Fsp3) is 0.182. The Kier molecular flexibility index (Phi) is 2.83. The molecule has 78 valence electrons. The number of benzene rings is 1. The summed E-state index contributed by atoms with van der Waals surface area (Å²) in [5.74, 6) is 0. The third kappa shape index (κ3) is 2.07. The van der Waals surface area contributed by atoms with Gasteiger partial charge in [0.2, 0.25) is 0 Å². The Morgan fingerprint density at radius 1 is 1.27 bits per heavy atom. The van der Waals surface area contributed by atoms with E-state index in [2.05, 4.69) is 4.98 Å². The molecule has 1 aromatic heterocycles. The number of nitrogens with zero attached hydrogens (tertiary/aromatic N) is 1. The van der Waals surface area contributed by atoms with Gasteiger partial charge in [-0.15, -0.1) is 0 Å². The summed E-state index contributed by atoms with van der Waals surface area (Å²) in [7, 11) is 0. The maximum absolute atomic E-state index is 9.48. The van der Waals surface area contributed by atoms with Crippen molar-refractivity contribution < 1.29 is 5.11 Å². The van der Waals surface area contributed by atoms with E-state index >= 15 is 0 Å². The third-order valence-corrected chi connectivity index (χ3v) is 2.75. The minimum absolute atomic E-state index is 0.333. The summed E-state index contributed by atoms with van der Waals surface area (Å²) in [6.07, 6.45) is -0.631. The number of aromatic nitrogens is 1. The van der Waals surface area contributed by atoms with E-state index in [-0.39, 0.29) is 0 Å². The van der Waals surface area contributed by atoms with Crippen molar-refractivity contribution in [1.82, 2.24) is 4.98 Å². The van der Waals surface area contributed by atoms with Crippen molar-refractivity contribution in [2.45, 2.75) is 13.0 Å². The molecule has 1 N–H and O–H groups in total. The normalized spacial score (nSPS) is 13.1. The van der Waals surface area contributed by atoms with Crippen molar-refractivity contribution >= 4 is 34.1 Å². The fourth-order valence-electron chi connectivity index (χ4n) is 1.43. The van der Waals surface area contributed by atoms with Crippen molar-refractivity contribution in [1.29, 1.82) is 0 Å². The summed E-state index contributed by atoms with van der Waals surface area (Å²) in [4.78, 5) is 4.18. The van der Waals surface area contributed by atoms with Gasteiger partial charge in [-0.25, -0.2) is 4.98 Å². The highest BCUT2D eigenvalue weighted by Gasteiger charge is 2.09. The largest absolute Gasteiger partial charge is 0.389 e. The van der Waals surface area contributed by atoms with Gasteiger partial charge in [0.1, 0.15) is 5.15 Å². The van der Waals surface area contributed by atoms with Crippen LogP contribution in [0.1, 0.15) is 18.6 Å². The van der Waals surface area contributed by atoms with Gasteiger partial charge in [-0.1, -0.05) is 23.2 Å². The Morgan fingerprint density at radius 2 is 2.00 bits per heavy atom. The lowest BCUT2D eigenvalue weighted by Crippen LogP contribution is -1.95. The average molecular weight is 242 g/mol. The predicted molar refractivity (Wildman–Crippen MR) is 62.4 cm³/mol. The number of hydrogen-bond acceptors (Lipinski definition) is 2. The van der Waals surface area contributed by atoms with E-state index in [0.717, 1.165) is 10.9 Å². The lowest BCUT2D eigenvalue weighted by Gasteiger charge is -2.08. The highest BCUT2D eigenvalue weighted by Crippen LogP contribution is 2.26. The number of rotatable bonds is 1. The number of aliphatic hydroxyl groups excluding tert-OH is 1. The maximum atomic E-state index is 9.48. The van der Waals surface area contributed by atoms with Crippen LogP contribution in [0.15, 0.2) is 24.3 Å². The Balaban J connectivity index is 2.72. The minimum atomic E-state index is -0.631. The van der Waals surface area contributed by atoms with Crippen LogP contribution in [0, 0.1) is 0 Å². The molecule has 0 radical (unpaired) electrons. The number of pyridine rings is 1. The van der Waals surface area contributed by atoms with Crippen molar-refractivity contribution in [3.8, 4) is 0 Å². The Morgan fingerprint density at radius 3 is 2.67 bits per heavy atom. The van der Waals surface area contributed by atoms with E-state index in [1.165, 1.54) is 0 Å². The topological polar surface area (TPSA) is 33.1 Å². The molecule has 0 saturated heterocycles. The van der Waals surface area contributed by atoms with Crippen LogP contribution in [0.2, 0.25) is 10.2 Å². The lowest BCUT2D eigenvalue weighted by atomic mass is 10.1. The Labute approximate surface area is 97.5 Å². The van der Waals surface area contributed by atoms with E-state index in [0.29, 0.717) is 15.7 Å². The molecule has 1 aromatic carbocycles. The summed E-state index contributed by atoms with van der Waals surface area (Å²) in [6.45, 7) is 1.65. The molecule has 1 unspecified atom stereocenters. The van der Waals surface area contributed by atoms with Gasteiger partial charge in [-0.2, -0.15) is 0 Å². The molecule has 4 heteroatoms. The van der Waals surface area contributed by atoms with Gasteiger partial charge < -0.3 is 5.11 Å². The van der Waals surface area contributed by atoms with Crippen LogP contribution in [0.4, 0.5) is 0 Å². The molecule has 2 aromatic rings. The monoisotopic (exact) mass is 241 g/mol. The minimum Gasteiger partial charge on any atom is -0.389 e. The highest BCUT2D eigenvalue weighted by atomic mass is 35.5. The van der Waals surface area contributed by atoms with Crippen molar-refractivity contribution in [2.24, 2.45) is 0 Å². The van der Waals surface area contributed by atoms with Gasteiger partial charge in [0.25, 0.3) is 0 Å². The summed E-state index contributed by atoms with van der Waals surface area (Å²) >= 11 is 11.8. The summed E-state index contributed by atoms with van der Waals surface area (Å²) < 4.78 is 0. The van der Waals surface area contributed by atoms with E-state index in [1.807, 2.05) is 0 Å². The van der Waals surface area contributed by atoms with Crippen molar-refractivity contribution in [2.75, 3.05) is 0 Å². The molecule has 0 bridgehead atoms. The zero-order valence-corrected chi connectivity index (χ0v) is 9.55. The molecule has 0 aliphatic rings. The second-order valence-electron chi connectivity index (χ2n) is 3.38. The van der Waals surface area contributed by atoms with Crippen molar-refractivity contribution in [3.63, 3.8) is 0 Å². The number of halogens is 2. The quantitative estimate of drug-likeness (QED) is 0.775. The van der Waals surface area contributed by atoms with Crippen LogP contribution >= 0.6 is 23.2 Å². The maximum Gasteiger partial charge on any atom is 0.135 e. The Hall–Kier alpha value is -0.830. The smallest absolute Gasteiger partial charge is 0.135 e. The number of aliphatic hydroxyl groups is 1. The van der Waals surface area contributed by atoms with Gasteiger partial charge >= 0.3 is 0 Å².